The van der Waals surface area contributed by atoms with Gasteiger partial charge < -0.3 is 19.6 Å². The average molecular weight is 332 g/mol. The van der Waals surface area contributed by atoms with Crippen LogP contribution in [0.1, 0.15) is 16.3 Å². The fourth-order valence-electron chi connectivity index (χ4n) is 3.05. The van der Waals surface area contributed by atoms with E-state index in [9.17, 15) is 9.59 Å². The van der Waals surface area contributed by atoms with Gasteiger partial charge in [0.15, 0.2) is 0 Å². The van der Waals surface area contributed by atoms with Crippen LogP contribution in [-0.4, -0.2) is 96.4 Å². The SMILES string of the molecule is Cc1nc(C(=O)N2CCN(C=O)CC2)cc(N2CCN(C)CC2)n1. The van der Waals surface area contributed by atoms with Crippen LogP contribution in [0.15, 0.2) is 6.07 Å². The number of nitrogens with zero attached hydrogens (tertiary/aromatic N) is 6. The summed E-state index contributed by atoms with van der Waals surface area (Å²) in [6.45, 7) is 7.84. The second-order valence-electron chi connectivity index (χ2n) is 6.38. The number of anilines is 1. The Kier molecular flexibility index (Phi) is 4.94. The van der Waals surface area contributed by atoms with Crippen LogP contribution in [0, 0.1) is 6.92 Å². The average Bonchev–Trinajstić information content (AvgIpc) is 2.61. The Hall–Kier alpha value is -2.22. The molecule has 0 saturated carbocycles. The lowest BCUT2D eigenvalue weighted by Crippen LogP contribution is -2.48. The Morgan fingerprint density at radius 1 is 1.04 bits per heavy atom. The molecule has 8 nitrogen and oxygen atoms in total. The molecule has 0 aromatic carbocycles. The van der Waals surface area contributed by atoms with Crippen molar-refractivity contribution in [3.8, 4) is 0 Å². The van der Waals surface area contributed by atoms with Crippen molar-refractivity contribution >= 4 is 18.1 Å². The van der Waals surface area contributed by atoms with E-state index in [-0.39, 0.29) is 5.91 Å². The van der Waals surface area contributed by atoms with Crippen molar-refractivity contribution in [1.29, 1.82) is 0 Å². The van der Waals surface area contributed by atoms with E-state index in [1.165, 1.54) is 0 Å². The largest absolute Gasteiger partial charge is 0.354 e. The molecule has 0 bridgehead atoms. The van der Waals surface area contributed by atoms with Gasteiger partial charge in [-0.05, 0) is 14.0 Å². The Morgan fingerprint density at radius 2 is 1.71 bits per heavy atom. The number of rotatable bonds is 3. The minimum absolute atomic E-state index is 0.0820. The molecule has 0 aliphatic carbocycles. The number of amides is 2. The van der Waals surface area contributed by atoms with Gasteiger partial charge in [-0.3, -0.25) is 9.59 Å². The second-order valence-corrected chi connectivity index (χ2v) is 6.38. The summed E-state index contributed by atoms with van der Waals surface area (Å²) in [5.41, 5.74) is 0.441. The number of carbonyl (C=O) groups is 2. The van der Waals surface area contributed by atoms with Crippen LogP contribution in [0.5, 0.6) is 0 Å². The molecule has 8 heteroatoms. The normalized spacial score (nSPS) is 19.5. The minimum Gasteiger partial charge on any atom is -0.354 e. The molecule has 2 aliphatic rings. The van der Waals surface area contributed by atoms with Gasteiger partial charge in [-0.1, -0.05) is 0 Å². The quantitative estimate of drug-likeness (QED) is 0.692. The van der Waals surface area contributed by atoms with Crippen molar-refractivity contribution in [2.24, 2.45) is 0 Å². The molecule has 2 amide bonds. The summed E-state index contributed by atoms with van der Waals surface area (Å²) in [4.78, 5) is 40.3. The predicted octanol–water partition coefficient (Wildman–Crippen LogP) is -0.549. The van der Waals surface area contributed by atoms with Crippen molar-refractivity contribution in [3.05, 3.63) is 17.6 Å². The molecule has 2 aliphatic heterocycles. The van der Waals surface area contributed by atoms with Crippen LogP contribution in [0.25, 0.3) is 0 Å². The van der Waals surface area contributed by atoms with Crippen LogP contribution < -0.4 is 4.90 Å². The second kappa shape index (κ2) is 7.12. The molecular weight excluding hydrogens is 308 g/mol. The first kappa shape index (κ1) is 16.6. The van der Waals surface area contributed by atoms with Crippen LogP contribution in [-0.2, 0) is 4.79 Å². The number of aryl methyl sites for hydroxylation is 1. The number of piperazine rings is 2. The van der Waals surface area contributed by atoms with Crippen LogP contribution in [0.3, 0.4) is 0 Å². The van der Waals surface area contributed by atoms with Gasteiger partial charge >= 0.3 is 0 Å². The maximum Gasteiger partial charge on any atom is 0.272 e. The molecule has 1 aromatic heterocycles. The maximum atomic E-state index is 12.7. The van der Waals surface area contributed by atoms with Crippen molar-refractivity contribution in [2.75, 3.05) is 64.3 Å². The van der Waals surface area contributed by atoms with Crippen molar-refractivity contribution in [2.45, 2.75) is 6.92 Å². The molecule has 0 unspecified atom stereocenters. The van der Waals surface area contributed by atoms with E-state index in [1.807, 2.05) is 6.92 Å². The summed E-state index contributed by atoms with van der Waals surface area (Å²) in [6, 6.07) is 1.80. The highest BCUT2D eigenvalue weighted by Gasteiger charge is 2.24. The first-order valence-corrected chi connectivity index (χ1v) is 8.34. The van der Waals surface area contributed by atoms with Crippen molar-refractivity contribution in [1.82, 2.24) is 24.7 Å². The zero-order chi connectivity index (χ0) is 17.1. The number of carbonyl (C=O) groups excluding carboxylic acids is 2. The smallest absolute Gasteiger partial charge is 0.272 e. The zero-order valence-corrected chi connectivity index (χ0v) is 14.3. The molecule has 0 atom stereocenters. The monoisotopic (exact) mass is 332 g/mol. The molecular formula is C16H24N6O2. The maximum absolute atomic E-state index is 12.7. The van der Waals surface area contributed by atoms with Crippen LogP contribution >= 0.6 is 0 Å². The summed E-state index contributed by atoms with van der Waals surface area (Å²) in [6.07, 6.45) is 0.835. The first-order valence-electron chi connectivity index (χ1n) is 8.34. The fraction of sp³-hybridized carbons (Fsp3) is 0.625. The number of hydrogen-bond acceptors (Lipinski definition) is 6. The van der Waals surface area contributed by atoms with E-state index in [0.717, 1.165) is 38.4 Å². The lowest BCUT2D eigenvalue weighted by atomic mass is 10.2. The molecule has 2 saturated heterocycles. The van der Waals surface area contributed by atoms with Crippen molar-refractivity contribution in [3.63, 3.8) is 0 Å². The van der Waals surface area contributed by atoms with Gasteiger partial charge in [0.1, 0.15) is 17.3 Å². The Bertz CT molecular complexity index is 607. The molecule has 0 radical (unpaired) electrons. The first-order chi connectivity index (χ1) is 11.6. The summed E-state index contributed by atoms with van der Waals surface area (Å²) >= 11 is 0. The number of hydrogen-bond donors (Lipinski definition) is 0. The van der Waals surface area contributed by atoms with Gasteiger partial charge in [0.2, 0.25) is 6.41 Å². The van der Waals surface area contributed by atoms with E-state index < -0.39 is 0 Å². The van der Waals surface area contributed by atoms with Crippen molar-refractivity contribution < 1.29 is 9.59 Å². The Labute approximate surface area is 142 Å². The number of likely N-dealkylation sites (N-methyl/N-ethyl adjacent to an activating group) is 1. The highest BCUT2D eigenvalue weighted by Crippen LogP contribution is 2.16. The third-order valence-electron chi connectivity index (χ3n) is 4.62. The van der Waals surface area contributed by atoms with Gasteiger partial charge in [0, 0.05) is 58.4 Å². The van der Waals surface area contributed by atoms with Crippen LogP contribution in [0.4, 0.5) is 5.82 Å². The Morgan fingerprint density at radius 3 is 2.33 bits per heavy atom. The Balaban J connectivity index is 1.73. The predicted molar refractivity (Wildman–Crippen MR) is 90.0 cm³/mol. The molecule has 3 heterocycles. The third kappa shape index (κ3) is 3.64. The van der Waals surface area contributed by atoms with Gasteiger partial charge in [-0.15, -0.1) is 0 Å². The topological polar surface area (TPSA) is 72.9 Å². The summed E-state index contributed by atoms with van der Waals surface area (Å²) in [5.74, 6) is 1.35. The van der Waals surface area contributed by atoms with E-state index in [4.69, 9.17) is 0 Å². The molecule has 2 fully saturated rings. The molecule has 0 N–H and O–H groups in total. The molecule has 1 aromatic rings. The van der Waals surface area contributed by atoms with E-state index >= 15 is 0 Å². The zero-order valence-electron chi connectivity index (χ0n) is 14.3. The van der Waals surface area contributed by atoms with Gasteiger partial charge in [0.25, 0.3) is 5.91 Å². The summed E-state index contributed by atoms with van der Waals surface area (Å²) in [7, 11) is 2.11. The molecule has 3 rings (SSSR count). The van der Waals surface area contributed by atoms with Gasteiger partial charge in [-0.25, -0.2) is 9.97 Å². The number of aromatic nitrogens is 2. The third-order valence-corrected chi connectivity index (χ3v) is 4.62. The van der Waals surface area contributed by atoms with Gasteiger partial charge in [-0.2, -0.15) is 0 Å². The molecule has 24 heavy (non-hydrogen) atoms. The van der Waals surface area contributed by atoms with E-state index in [0.29, 0.717) is 37.7 Å². The van der Waals surface area contributed by atoms with Gasteiger partial charge in [0.05, 0.1) is 0 Å². The lowest BCUT2D eigenvalue weighted by molar-refractivity contribution is -0.119. The highest BCUT2D eigenvalue weighted by atomic mass is 16.2. The van der Waals surface area contributed by atoms with E-state index in [2.05, 4.69) is 26.8 Å². The molecule has 0 spiro atoms. The fourth-order valence-corrected chi connectivity index (χ4v) is 3.05. The lowest BCUT2D eigenvalue weighted by Gasteiger charge is -2.34. The summed E-state index contributed by atoms with van der Waals surface area (Å²) < 4.78 is 0. The highest BCUT2D eigenvalue weighted by molar-refractivity contribution is 5.93. The molecule has 130 valence electrons. The van der Waals surface area contributed by atoms with Crippen LogP contribution in [0.2, 0.25) is 0 Å². The minimum atomic E-state index is -0.0820. The van der Waals surface area contributed by atoms with E-state index in [1.54, 1.807) is 15.9 Å². The standard InChI is InChI=1S/C16H24N6O2/c1-13-17-14(16(24)22-9-5-20(12-23)6-10-22)11-15(18-13)21-7-3-19(2)4-8-21/h11-12H,3-10H2,1-2H3. The summed E-state index contributed by atoms with van der Waals surface area (Å²) in [5, 5.41) is 0.